The van der Waals surface area contributed by atoms with Crippen LogP contribution in [0.2, 0.25) is 5.02 Å². The number of anilines is 2. The van der Waals surface area contributed by atoms with Crippen molar-refractivity contribution in [2.24, 2.45) is 0 Å². The third-order valence-corrected chi connectivity index (χ3v) is 5.23. The first-order chi connectivity index (χ1) is 18.0. The summed E-state index contributed by atoms with van der Waals surface area (Å²) < 4.78 is 46.8. The summed E-state index contributed by atoms with van der Waals surface area (Å²) >= 11 is 6.17. The minimum atomic E-state index is -3.73. The Hall–Kier alpha value is -3.73. The highest BCUT2D eigenvalue weighted by Gasteiger charge is 2.22. The first-order valence-corrected chi connectivity index (χ1v) is 13.3. The normalized spacial score (nSPS) is 10.5. The van der Waals surface area contributed by atoms with Crippen LogP contribution in [0.4, 0.5) is 16.0 Å². The summed E-state index contributed by atoms with van der Waals surface area (Å²) in [5.74, 6) is -0.498. The van der Waals surface area contributed by atoms with Gasteiger partial charge in [0, 0.05) is 61.9 Å². The molecule has 2 aromatic heterocycles. The zero-order valence-corrected chi connectivity index (χ0v) is 23.3. The van der Waals surface area contributed by atoms with Gasteiger partial charge >= 0.3 is 0 Å². The monoisotopic (exact) mass is 567 g/mol. The van der Waals surface area contributed by atoms with Crippen LogP contribution in [0.3, 0.4) is 0 Å². The Balaban J connectivity index is 0.00000135. The average molecular weight is 568 g/mol. The first kappa shape index (κ1) is 32.3. The summed E-state index contributed by atoms with van der Waals surface area (Å²) in [6, 6.07) is 4.19. The molecule has 1 aromatic carbocycles. The fourth-order valence-corrected chi connectivity index (χ4v) is 3.74. The van der Waals surface area contributed by atoms with E-state index in [2.05, 4.69) is 48.0 Å². The zero-order valence-electron chi connectivity index (χ0n) is 21.7. The molecule has 3 rings (SSSR count). The van der Waals surface area contributed by atoms with Gasteiger partial charge in [-0.2, -0.15) is 5.10 Å². The fourth-order valence-electron chi connectivity index (χ4n) is 2.98. The quantitative estimate of drug-likeness (QED) is 0.192. The van der Waals surface area contributed by atoms with Gasteiger partial charge < -0.3 is 15.4 Å². The number of carbonyl (C=O) groups excluding carboxylic acids is 1. The summed E-state index contributed by atoms with van der Waals surface area (Å²) in [5.41, 5.74) is 0.957. The largest absolute Gasteiger partial charge is 0.388 e. The van der Waals surface area contributed by atoms with Crippen LogP contribution in [-0.4, -0.2) is 68.1 Å². The number of benzene rings is 1. The third kappa shape index (κ3) is 9.62. The molecular formula is C24H31ClFN7O4S. The van der Waals surface area contributed by atoms with Crippen LogP contribution in [0.15, 0.2) is 30.6 Å². The Morgan fingerprint density at radius 3 is 2.45 bits per heavy atom. The lowest BCUT2D eigenvalue weighted by Gasteiger charge is -2.11. The van der Waals surface area contributed by atoms with Gasteiger partial charge in [0.1, 0.15) is 5.69 Å². The smallest absolute Gasteiger partial charge is 0.229 e. The van der Waals surface area contributed by atoms with Crippen LogP contribution in [0.1, 0.15) is 19.9 Å². The summed E-state index contributed by atoms with van der Waals surface area (Å²) in [4.78, 5) is 19.0. The van der Waals surface area contributed by atoms with Crippen molar-refractivity contribution in [1.82, 2.24) is 25.1 Å². The summed E-state index contributed by atoms with van der Waals surface area (Å²) in [6.45, 7) is 4.62. The SMILES string of the molecule is C#C.CC(C)n1cc(-c2ccnc(NCCNC=O)n2)c(-c2cc(Cl)cc(NS(C)(=O)=O)c2F)n1.COC. The number of aromatic nitrogens is 4. The summed E-state index contributed by atoms with van der Waals surface area (Å²) in [5, 5.41) is 10.2. The maximum atomic E-state index is 15.4. The van der Waals surface area contributed by atoms with Crippen molar-refractivity contribution < 1.29 is 22.3 Å². The van der Waals surface area contributed by atoms with Crippen LogP contribution in [0.5, 0.6) is 0 Å². The number of amides is 1. The van der Waals surface area contributed by atoms with E-state index in [0.29, 0.717) is 36.7 Å². The second kappa shape index (κ2) is 15.5. The molecule has 3 N–H and O–H groups in total. The molecule has 0 aliphatic rings. The topological polar surface area (TPSA) is 140 Å². The van der Waals surface area contributed by atoms with E-state index in [1.54, 1.807) is 37.4 Å². The van der Waals surface area contributed by atoms with Crippen molar-refractivity contribution >= 4 is 39.7 Å². The lowest BCUT2D eigenvalue weighted by Crippen LogP contribution is -2.21. The molecule has 0 atom stereocenters. The number of hydrogen-bond donors (Lipinski definition) is 3. The number of methoxy groups -OCH3 is 1. The van der Waals surface area contributed by atoms with E-state index in [0.717, 1.165) is 6.26 Å². The van der Waals surface area contributed by atoms with Crippen molar-refractivity contribution in [2.75, 3.05) is 43.6 Å². The number of ether oxygens (including phenoxy) is 1. The van der Waals surface area contributed by atoms with Gasteiger partial charge in [0.2, 0.25) is 22.4 Å². The van der Waals surface area contributed by atoms with Crippen LogP contribution in [-0.2, 0) is 19.6 Å². The molecule has 0 aliphatic carbocycles. The molecule has 14 heteroatoms. The lowest BCUT2D eigenvalue weighted by atomic mass is 10.0. The Bertz CT molecular complexity index is 1330. The Kier molecular flexibility index (Phi) is 13.2. The van der Waals surface area contributed by atoms with Crippen LogP contribution in [0, 0.1) is 18.7 Å². The van der Waals surface area contributed by atoms with Gasteiger partial charge in [-0.1, -0.05) is 11.6 Å². The van der Waals surface area contributed by atoms with E-state index in [4.69, 9.17) is 11.6 Å². The van der Waals surface area contributed by atoms with E-state index >= 15 is 4.39 Å². The molecule has 1 amide bonds. The molecule has 0 saturated carbocycles. The second-order valence-electron chi connectivity index (χ2n) is 7.83. The Morgan fingerprint density at radius 2 is 1.87 bits per heavy atom. The Labute approximate surface area is 227 Å². The summed E-state index contributed by atoms with van der Waals surface area (Å²) in [7, 11) is -0.485. The molecule has 206 valence electrons. The van der Waals surface area contributed by atoms with Crippen LogP contribution < -0.4 is 15.4 Å². The van der Waals surface area contributed by atoms with Crippen LogP contribution >= 0.6 is 11.6 Å². The van der Waals surface area contributed by atoms with E-state index in [1.165, 1.54) is 12.1 Å². The minimum Gasteiger partial charge on any atom is -0.388 e. The number of hydrogen-bond acceptors (Lipinski definition) is 8. The molecule has 0 radical (unpaired) electrons. The number of carbonyl (C=O) groups is 1. The fraction of sp³-hybridized carbons (Fsp3) is 0.333. The van der Waals surface area contributed by atoms with E-state index in [1.807, 2.05) is 13.8 Å². The molecule has 11 nitrogen and oxygen atoms in total. The van der Waals surface area contributed by atoms with E-state index in [-0.39, 0.29) is 28.0 Å². The molecule has 0 bridgehead atoms. The highest BCUT2D eigenvalue weighted by atomic mass is 35.5. The highest BCUT2D eigenvalue weighted by Crippen LogP contribution is 2.37. The van der Waals surface area contributed by atoms with E-state index < -0.39 is 15.8 Å². The third-order valence-electron chi connectivity index (χ3n) is 4.42. The van der Waals surface area contributed by atoms with Gasteiger partial charge in [-0.3, -0.25) is 14.2 Å². The van der Waals surface area contributed by atoms with Crippen molar-refractivity contribution in [3.8, 4) is 35.4 Å². The summed E-state index contributed by atoms with van der Waals surface area (Å²) in [6.07, 6.45) is 12.8. The second-order valence-corrected chi connectivity index (χ2v) is 10.0. The average Bonchev–Trinajstić information content (AvgIpc) is 3.31. The molecule has 0 fully saturated rings. The first-order valence-electron chi connectivity index (χ1n) is 11.0. The zero-order chi connectivity index (χ0) is 28.9. The number of nitrogens with zero attached hydrogens (tertiary/aromatic N) is 4. The minimum absolute atomic E-state index is 0.0198. The van der Waals surface area contributed by atoms with Gasteiger partial charge in [-0.15, -0.1) is 12.8 Å². The van der Waals surface area contributed by atoms with Crippen molar-refractivity contribution in [3.63, 3.8) is 0 Å². The highest BCUT2D eigenvalue weighted by molar-refractivity contribution is 7.92. The predicted molar refractivity (Wildman–Crippen MR) is 148 cm³/mol. The van der Waals surface area contributed by atoms with Crippen molar-refractivity contribution in [1.29, 1.82) is 0 Å². The molecule has 0 unspecified atom stereocenters. The lowest BCUT2D eigenvalue weighted by molar-refractivity contribution is -0.109. The molecule has 3 aromatic rings. The van der Waals surface area contributed by atoms with Gasteiger partial charge in [0.25, 0.3) is 0 Å². The maximum Gasteiger partial charge on any atom is 0.229 e. The van der Waals surface area contributed by atoms with Crippen molar-refractivity contribution in [2.45, 2.75) is 19.9 Å². The number of rotatable bonds is 10. The standard InChI is InChI=1S/C20H23ClFN7O3S.C2H6O.C2H2/c1-12(2)29-10-15(16-4-5-24-20(26-16)25-7-6-23-11-30)19(27-29)14-8-13(21)9-17(18(14)22)28-33(3,31)32;1-3-2;1-2/h4-5,8-12,28H,6-7H2,1-3H3,(H,23,30)(H,24,25,26);1-2H3;1-2H. The predicted octanol–water partition coefficient (Wildman–Crippen LogP) is 3.42. The molecule has 0 spiro atoms. The molecule has 2 heterocycles. The van der Waals surface area contributed by atoms with E-state index in [9.17, 15) is 13.2 Å². The Morgan fingerprint density at radius 1 is 1.21 bits per heavy atom. The van der Waals surface area contributed by atoms with Gasteiger partial charge in [0.15, 0.2) is 5.82 Å². The van der Waals surface area contributed by atoms with Gasteiger partial charge in [0.05, 0.1) is 17.6 Å². The number of halogens is 2. The number of nitrogens with one attached hydrogen (secondary N) is 3. The van der Waals surface area contributed by atoms with Crippen molar-refractivity contribution in [3.05, 3.63) is 41.4 Å². The van der Waals surface area contributed by atoms with Gasteiger partial charge in [-0.05, 0) is 32.0 Å². The number of sulfonamides is 1. The molecular weight excluding hydrogens is 537 g/mol. The number of terminal acetylenes is 1. The molecule has 0 saturated heterocycles. The van der Waals surface area contributed by atoms with Gasteiger partial charge in [-0.25, -0.2) is 22.8 Å². The van der Waals surface area contributed by atoms with Crippen LogP contribution in [0.25, 0.3) is 22.5 Å². The molecule has 38 heavy (non-hydrogen) atoms. The molecule has 0 aliphatic heterocycles. The maximum absolute atomic E-state index is 15.4.